The zero-order valence-electron chi connectivity index (χ0n) is 13.2. The van der Waals surface area contributed by atoms with Crippen LogP contribution in [0.2, 0.25) is 0 Å². The second-order valence-corrected chi connectivity index (χ2v) is 6.51. The van der Waals surface area contributed by atoms with E-state index in [-0.39, 0.29) is 24.1 Å². The maximum atomic E-state index is 13.9. The third-order valence-electron chi connectivity index (χ3n) is 5.23. The summed E-state index contributed by atoms with van der Waals surface area (Å²) in [4.78, 5) is 6.56. The fourth-order valence-electron chi connectivity index (χ4n) is 4.13. The molecule has 3 atom stereocenters. The molecule has 3 aliphatic rings. The van der Waals surface area contributed by atoms with E-state index in [1.54, 1.807) is 12.3 Å². The Labute approximate surface area is 135 Å². The maximum Gasteiger partial charge on any atom is 0.250 e. The van der Waals surface area contributed by atoms with Crippen molar-refractivity contribution in [2.75, 3.05) is 26.4 Å². The van der Waals surface area contributed by atoms with E-state index in [1.807, 2.05) is 0 Å². The summed E-state index contributed by atoms with van der Waals surface area (Å²) in [6, 6.07) is 3.74. The predicted octanol–water partition coefficient (Wildman–Crippen LogP) is 2.01. The second-order valence-electron chi connectivity index (χ2n) is 6.51. The van der Waals surface area contributed by atoms with Crippen LogP contribution >= 0.6 is 0 Å². The van der Waals surface area contributed by atoms with Crippen LogP contribution in [0.5, 0.6) is 5.88 Å². The van der Waals surface area contributed by atoms with Crippen LogP contribution in [0.3, 0.4) is 0 Å². The van der Waals surface area contributed by atoms with Crippen molar-refractivity contribution in [2.24, 2.45) is 0 Å². The topological polar surface area (TPSA) is 43.8 Å². The quantitative estimate of drug-likeness (QED) is 0.852. The van der Waals surface area contributed by atoms with Crippen molar-refractivity contribution in [3.8, 4) is 5.88 Å². The normalized spacial score (nSPS) is 32.7. The van der Waals surface area contributed by atoms with Crippen LogP contribution in [-0.2, 0) is 9.47 Å². The van der Waals surface area contributed by atoms with Gasteiger partial charge in [-0.1, -0.05) is 0 Å². The lowest BCUT2D eigenvalue weighted by Crippen LogP contribution is -2.51. The molecular formula is C17H23FN2O3. The van der Waals surface area contributed by atoms with Gasteiger partial charge in [-0.25, -0.2) is 9.37 Å². The number of ether oxygens (including phenoxy) is 3. The van der Waals surface area contributed by atoms with Crippen LogP contribution < -0.4 is 4.74 Å². The highest BCUT2D eigenvalue weighted by atomic mass is 19.1. The lowest BCUT2D eigenvalue weighted by atomic mass is 10.0. The summed E-state index contributed by atoms with van der Waals surface area (Å²) in [6.45, 7) is 3.26. The summed E-state index contributed by atoms with van der Waals surface area (Å²) >= 11 is 0. The van der Waals surface area contributed by atoms with Crippen molar-refractivity contribution >= 4 is 0 Å². The molecule has 0 N–H and O–H groups in total. The minimum absolute atomic E-state index is 0.0336. The van der Waals surface area contributed by atoms with Crippen molar-refractivity contribution in [2.45, 2.75) is 50.0 Å². The molecule has 2 bridgehead atoms. The molecule has 4 rings (SSSR count). The monoisotopic (exact) mass is 322 g/mol. The third kappa shape index (κ3) is 3.07. The van der Waals surface area contributed by atoms with Crippen LogP contribution in [0.15, 0.2) is 18.3 Å². The van der Waals surface area contributed by atoms with Gasteiger partial charge in [0, 0.05) is 38.0 Å². The maximum absolute atomic E-state index is 13.9. The third-order valence-corrected chi connectivity index (χ3v) is 5.23. The number of hydrogen-bond acceptors (Lipinski definition) is 5. The van der Waals surface area contributed by atoms with E-state index in [9.17, 15) is 4.39 Å². The Kier molecular flexibility index (Phi) is 4.46. The van der Waals surface area contributed by atoms with Crippen molar-refractivity contribution < 1.29 is 18.6 Å². The van der Waals surface area contributed by atoms with Crippen LogP contribution in [0.25, 0.3) is 0 Å². The molecule has 6 heteroatoms. The first-order valence-corrected chi connectivity index (χ1v) is 8.55. The van der Waals surface area contributed by atoms with Crippen molar-refractivity contribution in [3.05, 3.63) is 24.1 Å². The van der Waals surface area contributed by atoms with Gasteiger partial charge in [-0.3, -0.25) is 4.90 Å². The Bertz CT molecular complexity index is 538. The van der Waals surface area contributed by atoms with Crippen LogP contribution in [0.4, 0.5) is 4.39 Å². The molecule has 3 unspecified atom stereocenters. The number of nitrogens with zero attached hydrogens (tertiary/aromatic N) is 2. The molecule has 0 radical (unpaired) electrons. The molecule has 3 heterocycles. The summed E-state index contributed by atoms with van der Waals surface area (Å²) in [7, 11) is 0. The molecule has 23 heavy (non-hydrogen) atoms. The van der Waals surface area contributed by atoms with Crippen molar-refractivity contribution in [1.82, 2.24) is 9.88 Å². The number of fused-ring (bicyclic) bond motifs is 2. The Morgan fingerprint density at radius 2 is 2.04 bits per heavy atom. The van der Waals surface area contributed by atoms with Crippen LogP contribution in [0, 0.1) is 5.82 Å². The number of hydrogen-bond donors (Lipinski definition) is 0. The summed E-state index contributed by atoms with van der Waals surface area (Å²) in [5.41, 5.74) is 0. The lowest BCUT2D eigenvalue weighted by molar-refractivity contribution is -0.00636. The summed E-state index contributed by atoms with van der Waals surface area (Å²) in [5, 5.41) is 0. The molecule has 0 aromatic carbocycles. The first-order chi connectivity index (χ1) is 11.3. The van der Waals surface area contributed by atoms with Gasteiger partial charge in [0.1, 0.15) is 6.10 Å². The molecule has 5 nitrogen and oxygen atoms in total. The van der Waals surface area contributed by atoms with Gasteiger partial charge in [0.25, 0.3) is 5.88 Å². The SMILES string of the molecule is Fc1cccnc1OC1C2CCC1N(C1CCOCC1)CCO2. The molecule has 0 spiro atoms. The zero-order chi connectivity index (χ0) is 15.6. The Morgan fingerprint density at radius 3 is 2.87 bits per heavy atom. The summed E-state index contributed by atoms with van der Waals surface area (Å²) < 4.78 is 31.4. The van der Waals surface area contributed by atoms with Crippen molar-refractivity contribution in [3.63, 3.8) is 0 Å². The highest BCUT2D eigenvalue weighted by Gasteiger charge is 2.46. The second kappa shape index (κ2) is 6.71. The van der Waals surface area contributed by atoms with Gasteiger partial charge in [0.05, 0.1) is 12.7 Å². The summed E-state index contributed by atoms with van der Waals surface area (Å²) in [5.74, 6) is -0.319. The highest BCUT2D eigenvalue weighted by Crippen LogP contribution is 2.35. The standard InChI is InChI=1S/C17H23FN2O3/c18-13-2-1-7-19-17(13)23-16-14-3-4-15(16)22-11-8-20(14)12-5-9-21-10-6-12/h1-2,7,12,14-16H,3-6,8-11H2. The Morgan fingerprint density at radius 1 is 1.17 bits per heavy atom. The molecule has 1 aromatic heterocycles. The van der Waals surface area contributed by atoms with Gasteiger partial charge in [0.2, 0.25) is 0 Å². The van der Waals surface area contributed by atoms with Gasteiger partial charge in [-0.2, -0.15) is 0 Å². The van der Waals surface area contributed by atoms with E-state index >= 15 is 0 Å². The lowest BCUT2D eigenvalue weighted by Gasteiger charge is -2.39. The van der Waals surface area contributed by atoms with Crippen LogP contribution in [0.1, 0.15) is 25.7 Å². The largest absolute Gasteiger partial charge is 0.468 e. The van der Waals surface area contributed by atoms with E-state index in [0.29, 0.717) is 12.6 Å². The van der Waals surface area contributed by atoms with Gasteiger partial charge in [-0.05, 0) is 37.8 Å². The molecule has 0 amide bonds. The minimum Gasteiger partial charge on any atom is -0.468 e. The Balaban J connectivity index is 1.54. The zero-order valence-corrected chi connectivity index (χ0v) is 13.2. The molecule has 1 aliphatic carbocycles. The number of pyridine rings is 1. The van der Waals surface area contributed by atoms with E-state index in [0.717, 1.165) is 45.4 Å². The van der Waals surface area contributed by atoms with Gasteiger partial charge in [-0.15, -0.1) is 0 Å². The first-order valence-electron chi connectivity index (χ1n) is 8.55. The average molecular weight is 322 g/mol. The Hall–Kier alpha value is -1.24. The van der Waals surface area contributed by atoms with Gasteiger partial charge >= 0.3 is 0 Å². The summed E-state index contributed by atoms with van der Waals surface area (Å²) in [6.07, 6.45) is 5.53. The van der Waals surface area contributed by atoms with Gasteiger partial charge < -0.3 is 14.2 Å². The molecule has 3 fully saturated rings. The molecule has 1 saturated carbocycles. The number of rotatable bonds is 3. The van der Waals surface area contributed by atoms with E-state index in [1.165, 1.54) is 6.07 Å². The number of aromatic nitrogens is 1. The van der Waals surface area contributed by atoms with E-state index in [2.05, 4.69) is 9.88 Å². The van der Waals surface area contributed by atoms with Gasteiger partial charge in [0.15, 0.2) is 5.82 Å². The van der Waals surface area contributed by atoms with E-state index < -0.39 is 5.82 Å². The molecule has 2 aliphatic heterocycles. The number of halogens is 1. The highest BCUT2D eigenvalue weighted by molar-refractivity contribution is 5.15. The fourth-order valence-corrected chi connectivity index (χ4v) is 4.13. The van der Waals surface area contributed by atoms with Crippen LogP contribution in [-0.4, -0.2) is 60.5 Å². The predicted molar refractivity (Wildman–Crippen MR) is 81.9 cm³/mol. The molecular weight excluding hydrogens is 299 g/mol. The molecule has 126 valence electrons. The first kappa shape index (κ1) is 15.3. The molecule has 2 saturated heterocycles. The van der Waals surface area contributed by atoms with Crippen molar-refractivity contribution in [1.29, 1.82) is 0 Å². The molecule has 1 aromatic rings. The van der Waals surface area contributed by atoms with E-state index in [4.69, 9.17) is 14.2 Å². The fraction of sp³-hybridized carbons (Fsp3) is 0.706. The smallest absolute Gasteiger partial charge is 0.250 e. The minimum atomic E-state index is -0.409. The average Bonchev–Trinajstić information content (AvgIpc) is 2.86.